The summed E-state index contributed by atoms with van der Waals surface area (Å²) in [6.07, 6.45) is 1.60. The second-order valence-electron chi connectivity index (χ2n) is 5.02. The molecule has 0 radical (unpaired) electrons. The van der Waals surface area contributed by atoms with Crippen LogP contribution in [0.1, 0.15) is 12.5 Å². The highest BCUT2D eigenvalue weighted by atomic mass is 16.3. The van der Waals surface area contributed by atoms with E-state index in [-0.39, 0.29) is 18.6 Å². The minimum absolute atomic E-state index is 0.155. The average Bonchev–Trinajstić information content (AvgIpc) is 3.01. The van der Waals surface area contributed by atoms with Crippen LogP contribution in [0.5, 0.6) is 0 Å². The van der Waals surface area contributed by atoms with Gasteiger partial charge in [0.1, 0.15) is 17.9 Å². The van der Waals surface area contributed by atoms with Crippen LogP contribution >= 0.6 is 0 Å². The fraction of sp³-hybridized carbons (Fsp3) is 0.583. The van der Waals surface area contributed by atoms with Crippen LogP contribution < -0.4 is 5.32 Å². The lowest BCUT2D eigenvalue weighted by molar-refractivity contribution is -0.00370. The van der Waals surface area contributed by atoms with Crippen LogP contribution in [0, 0.1) is 5.92 Å². The number of anilines is 1. The zero-order valence-corrected chi connectivity index (χ0v) is 11.0. The van der Waals surface area contributed by atoms with Gasteiger partial charge in [-0.05, 0) is 6.42 Å². The van der Waals surface area contributed by atoms with Crippen LogP contribution in [0.3, 0.4) is 0 Å². The van der Waals surface area contributed by atoms with Gasteiger partial charge in [0.2, 0.25) is 0 Å². The molecule has 0 aliphatic heterocycles. The van der Waals surface area contributed by atoms with E-state index in [1.165, 1.54) is 6.33 Å². The molecule has 2 aromatic heterocycles. The molecule has 0 bridgehead atoms. The van der Waals surface area contributed by atoms with E-state index in [4.69, 9.17) is 0 Å². The molecule has 1 fully saturated rings. The van der Waals surface area contributed by atoms with Crippen LogP contribution in [0.25, 0.3) is 11.2 Å². The second kappa shape index (κ2) is 4.97. The lowest BCUT2D eigenvalue weighted by Gasteiger charge is -2.18. The van der Waals surface area contributed by atoms with Crippen molar-refractivity contribution in [2.24, 2.45) is 5.92 Å². The molecule has 0 amide bonds. The molecule has 8 nitrogen and oxygen atoms in total. The van der Waals surface area contributed by atoms with Gasteiger partial charge >= 0.3 is 0 Å². The highest BCUT2D eigenvalue weighted by Gasteiger charge is 2.42. The van der Waals surface area contributed by atoms with Crippen LogP contribution in [-0.4, -0.2) is 60.7 Å². The third-order valence-corrected chi connectivity index (χ3v) is 3.96. The summed E-state index contributed by atoms with van der Waals surface area (Å²) < 4.78 is 1.74. The Labute approximate surface area is 115 Å². The lowest BCUT2D eigenvalue weighted by Crippen LogP contribution is -2.30. The van der Waals surface area contributed by atoms with Crippen molar-refractivity contribution in [1.82, 2.24) is 19.5 Å². The maximum Gasteiger partial charge on any atom is 0.165 e. The first-order valence-corrected chi connectivity index (χ1v) is 6.49. The van der Waals surface area contributed by atoms with Gasteiger partial charge in [-0.15, -0.1) is 0 Å². The number of aliphatic hydroxyl groups excluding tert-OH is 3. The minimum atomic E-state index is -0.947. The first kappa shape index (κ1) is 13.2. The lowest BCUT2D eigenvalue weighted by atomic mass is 10.1. The summed E-state index contributed by atoms with van der Waals surface area (Å²) in [5, 5.41) is 32.2. The van der Waals surface area contributed by atoms with Gasteiger partial charge in [0.25, 0.3) is 0 Å². The molecular formula is C12H17N5O3. The van der Waals surface area contributed by atoms with Crippen molar-refractivity contribution < 1.29 is 15.3 Å². The number of nitrogens with one attached hydrogen (secondary N) is 1. The Kier molecular flexibility index (Phi) is 3.28. The molecule has 1 saturated carbocycles. The molecule has 1 unspecified atom stereocenters. The van der Waals surface area contributed by atoms with Crippen LogP contribution in [0.15, 0.2) is 12.7 Å². The van der Waals surface area contributed by atoms with E-state index in [0.717, 1.165) is 0 Å². The average molecular weight is 279 g/mol. The van der Waals surface area contributed by atoms with Gasteiger partial charge in [-0.25, -0.2) is 15.0 Å². The first-order chi connectivity index (χ1) is 9.67. The number of fused-ring (bicyclic) bond motifs is 1. The Bertz CT molecular complexity index is 616. The van der Waals surface area contributed by atoms with Crippen molar-refractivity contribution in [2.75, 3.05) is 19.0 Å². The standard InChI is InChI=1S/C12H17N5O3/c1-13-11-8-12(15-4-14-11)17(5-16-8)7-2-6(3-18)9(19)10(7)20/h4-7,9-10,18-20H,2-3H2,1H3,(H,13,14,15)/t6?,7-,9-,10+/m1/s1. The van der Waals surface area contributed by atoms with Crippen molar-refractivity contribution in [2.45, 2.75) is 24.7 Å². The van der Waals surface area contributed by atoms with Gasteiger partial charge in [-0.2, -0.15) is 0 Å². The number of aromatic nitrogens is 4. The van der Waals surface area contributed by atoms with E-state index in [9.17, 15) is 15.3 Å². The molecule has 2 heterocycles. The first-order valence-electron chi connectivity index (χ1n) is 6.49. The number of aliphatic hydroxyl groups is 3. The van der Waals surface area contributed by atoms with Gasteiger partial charge < -0.3 is 25.2 Å². The van der Waals surface area contributed by atoms with Crippen molar-refractivity contribution in [3.8, 4) is 0 Å². The maximum absolute atomic E-state index is 10.1. The third-order valence-electron chi connectivity index (χ3n) is 3.96. The van der Waals surface area contributed by atoms with Gasteiger partial charge in [0.05, 0.1) is 18.5 Å². The quantitative estimate of drug-likeness (QED) is 0.578. The van der Waals surface area contributed by atoms with E-state index in [2.05, 4.69) is 20.3 Å². The topological polar surface area (TPSA) is 116 Å². The molecule has 20 heavy (non-hydrogen) atoms. The summed E-state index contributed by atoms with van der Waals surface area (Å²) in [5.41, 5.74) is 1.21. The summed E-state index contributed by atoms with van der Waals surface area (Å²) in [6, 6.07) is -0.355. The van der Waals surface area contributed by atoms with Gasteiger partial charge in [-0.1, -0.05) is 0 Å². The minimum Gasteiger partial charge on any atom is -0.396 e. The number of imidazole rings is 1. The molecule has 8 heteroatoms. The van der Waals surface area contributed by atoms with Crippen LogP contribution in [-0.2, 0) is 0 Å². The molecule has 1 aliphatic carbocycles. The van der Waals surface area contributed by atoms with Crippen molar-refractivity contribution >= 4 is 17.0 Å². The van der Waals surface area contributed by atoms with Crippen molar-refractivity contribution in [3.63, 3.8) is 0 Å². The zero-order valence-electron chi connectivity index (χ0n) is 11.0. The van der Waals surface area contributed by atoms with Crippen molar-refractivity contribution in [1.29, 1.82) is 0 Å². The Morgan fingerprint density at radius 1 is 1.30 bits per heavy atom. The van der Waals surface area contributed by atoms with E-state index >= 15 is 0 Å². The maximum atomic E-state index is 10.1. The Hall–Kier alpha value is -1.77. The molecule has 4 N–H and O–H groups in total. The molecule has 2 aromatic rings. The molecule has 0 aromatic carbocycles. The molecule has 0 spiro atoms. The highest BCUT2D eigenvalue weighted by molar-refractivity contribution is 5.82. The van der Waals surface area contributed by atoms with Gasteiger partial charge in [-0.3, -0.25) is 0 Å². The molecule has 4 atom stereocenters. The predicted octanol–water partition coefficient (Wildman–Crippen LogP) is -0.857. The normalized spacial score (nSPS) is 30.0. The summed E-state index contributed by atoms with van der Waals surface area (Å²) >= 11 is 0. The van der Waals surface area contributed by atoms with E-state index < -0.39 is 12.2 Å². The Balaban J connectivity index is 2.03. The summed E-state index contributed by atoms with van der Waals surface area (Å²) in [7, 11) is 1.75. The smallest absolute Gasteiger partial charge is 0.165 e. The van der Waals surface area contributed by atoms with Crippen molar-refractivity contribution in [3.05, 3.63) is 12.7 Å². The molecule has 1 aliphatic rings. The molecule has 0 saturated heterocycles. The van der Waals surface area contributed by atoms with Crippen LogP contribution in [0.2, 0.25) is 0 Å². The number of rotatable bonds is 3. The summed E-state index contributed by atoms with van der Waals surface area (Å²) in [5.74, 6) is 0.276. The Morgan fingerprint density at radius 2 is 2.10 bits per heavy atom. The third kappa shape index (κ3) is 1.84. The SMILES string of the molecule is CNc1ncnc2c1ncn2[C@@H]1CC(CO)[C@@H](O)[C@H]1O. The van der Waals surface area contributed by atoms with Gasteiger partial charge in [0, 0.05) is 19.6 Å². The van der Waals surface area contributed by atoms with E-state index in [1.807, 2.05) is 0 Å². The largest absolute Gasteiger partial charge is 0.396 e. The molecular weight excluding hydrogens is 262 g/mol. The number of nitrogens with zero attached hydrogens (tertiary/aromatic N) is 4. The predicted molar refractivity (Wildman–Crippen MR) is 71.1 cm³/mol. The van der Waals surface area contributed by atoms with E-state index in [0.29, 0.717) is 23.4 Å². The number of hydrogen-bond donors (Lipinski definition) is 4. The second-order valence-corrected chi connectivity index (χ2v) is 5.02. The summed E-state index contributed by atoms with van der Waals surface area (Å²) in [6.45, 7) is -0.155. The fourth-order valence-electron chi connectivity index (χ4n) is 2.83. The highest BCUT2D eigenvalue weighted by Crippen LogP contribution is 2.36. The zero-order chi connectivity index (χ0) is 14.3. The molecule has 108 valence electrons. The number of hydrogen-bond acceptors (Lipinski definition) is 7. The Morgan fingerprint density at radius 3 is 2.75 bits per heavy atom. The summed E-state index contributed by atoms with van der Waals surface area (Å²) in [4.78, 5) is 12.5. The van der Waals surface area contributed by atoms with E-state index in [1.54, 1.807) is 17.9 Å². The van der Waals surface area contributed by atoms with Crippen LogP contribution in [0.4, 0.5) is 5.82 Å². The molecule has 3 rings (SSSR count). The van der Waals surface area contributed by atoms with Gasteiger partial charge in [0.15, 0.2) is 11.5 Å². The fourth-order valence-corrected chi connectivity index (χ4v) is 2.83. The monoisotopic (exact) mass is 279 g/mol.